The Balaban J connectivity index is 1.49. The summed E-state index contributed by atoms with van der Waals surface area (Å²) in [5.41, 5.74) is 5.85. The Kier molecular flexibility index (Phi) is 6.40. The quantitative estimate of drug-likeness (QED) is 0.399. The summed E-state index contributed by atoms with van der Waals surface area (Å²) < 4.78 is 5.86. The molecule has 5 rings (SSSR count). The molecule has 6 nitrogen and oxygen atoms in total. The van der Waals surface area contributed by atoms with E-state index in [-0.39, 0.29) is 6.61 Å². The lowest BCUT2D eigenvalue weighted by Gasteiger charge is -2.26. The number of benzene rings is 2. The largest absolute Gasteiger partial charge is 0.492 e. The molecule has 0 radical (unpaired) electrons. The van der Waals surface area contributed by atoms with Crippen LogP contribution < -0.4 is 10.1 Å². The summed E-state index contributed by atoms with van der Waals surface area (Å²) in [7, 11) is 0. The van der Waals surface area contributed by atoms with Crippen LogP contribution in [0.25, 0.3) is 22.2 Å². The molecule has 170 valence electrons. The van der Waals surface area contributed by atoms with Gasteiger partial charge in [-0.1, -0.05) is 24.1 Å². The van der Waals surface area contributed by atoms with E-state index >= 15 is 0 Å². The first kappa shape index (κ1) is 21.7. The van der Waals surface area contributed by atoms with Crippen LogP contribution in [0.2, 0.25) is 5.02 Å². The van der Waals surface area contributed by atoms with Gasteiger partial charge in [0.05, 0.1) is 11.6 Å². The lowest BCUT2D eigenvalue weighted by atomic mass is 9.99. The Morgan fingerprint density at radius 2 is 1.97 bits per heavy atom. The van der Waals surface area contributed by atoms with Gasteiger partial charge in [0.1, 0.15) is 12.0 Å². The number of aliphatic hydroxyl groups is 2. The Hall–Kier alpha value is -2.09. The van der Waals surface area contributed by atoms with Gasteiger partial charge in [-0.15, -0.1) is 0 Å². The summed E-state index contributed by atoms with van der Waals surface area (Å²) in [6.07, 6.45) is 3.68. The van der Waals surface area contributed by atoms with Crippen LogP contribution in [0.3, 0.4) is 0 Å². The highest BCUT2D eigenvalue weighted by Crippen LogP contribution is 2.43. The average Bonchev–Trinajstić information content (AvgIpc) is 3.40. The smallest absolute Gasteiger partial charge is 0.138 e. The lowest BCUT2D eigenvalue weighted by Crippen LogP contribution is -2.28. The molecule has 0 saturated carbocycles. The Morgan fingerprint density at radius 3 is 2.78 bits per heavy atom. The molecule has 7 heteroatoms. The molecule has 2 aliphatic rings. The standard InChI is InChI=1S/C25H30ClN3O3/c26-24-19-14-27-25(31)23(19)18(13-22(24)32-10-4-9-30)21-12-17-11-16(5-6-20(17)28-21)15-29-7-2-1-3-8-29/h5-6,11-13,25,27-28,30-31H,1-4,7-10,14-15H2. The van der Waals surface area contributed by atoms with E-state index in [0.717, 1.165) is 39.8 Å². The van der Waals surface area contributed by atoms with Gasteiger partial charge in [0.25, 0.3) is 0 Å². The summed E-state index contributed by atoms with van der Waals surface area (Å²) in [4.78, 5) is 6.05. The van der Waals surface area contributed by atoms with Crippen LogP contribution in [0.1, 0.15) is 48.6 Å². The fourth-order valence-electron chi connectivity index (χ4n) is 4.86. The van der Waals surface area contributed by atoms with E-state index in [1.165, 1.54) is 37.9 Å². The van der Waals surface area contributed by atoms with E-state index in [1.807, 2.05) is 6.07 Å². The molecule has 1 unspecified atom stereocenters. The number of hydrogen-bond acceptors (Lipinski definition) is 5. The van der Waals surface area contributed by atoms with Crippen molar-refractivity contribution in [3.8, 4) is 17.0 Å². The number of rotatable bonds is 7. The van der Waals surface area contributed by atoms with Crippen molar-refractivity contribution in [3.63, 3.8) is 0 Å². The SMILES string of the molecule is OCCCOc1cc(-c2cc3cc(CN4CCCCC4)ccc3[nH]2)c2c(c1Cl)CNC2O. The predicted octanol–water partition coefficient (Wildman–Crippen LogP) is 4.33. The monoisotopic (exact) mass is 455 g/mol. The number of halogens is 1. The number of ether oxygens (including phenoxy) is 1. The number of fused-ring (bicyclic) bond motifs is 2. The maximum atomic E-state index is 10.6. The van der Waals surface area contributed by atoms with Crippen molar-refractivity contribution in [1.29, 1.82) is 0 Å². The molecule has 2 aromatic carbocycles. The molecule has 1 aromatic heterocycles. The van der Waals surface area contributed by atoms with Crippen molar-refractivity contribution in [1.82, 2.24) is 15.2 Å². The zero-order valence-corrected chi connectivity index (χ0v) is 18.9. The van der Waals surface area contributed by atoms with E-state index in [4.69, 9.17) is 21.4 Å². The molecule has 0 bridgehead atoms. The minimum absolute atomic E-state index is 0.0669. The van der Waals surface area contributed by atoms with Crippen LogP contribution in [-0.2, 0) is 13.1 Å². The van der Waals surface area contributed by atoms with Crippen LogP contribution in [0, 0.1) is 0 Å². The van der Waals surface area contributed by atoms with Gasteiger partial charge in [-0.3, -0.25) is 10.2 Å². The van der Waals surface area contributed by atoms with Crippen molar-refractivity contribution >= 4 is 22.5 Å². The summed E-state index contributed by atoms with van der Waals surface area (Å²) in [5, 5.41) is 24.4. The number of aliphatic hydroxyl groups excluding tert-OH is 2. The number of nitrogens with zero attached hydrogens (tertiary/aromatic N) is 1. The first-order valence-electron chi connectivity index (χ1n) is 11.5. The lowest BCUT2D eigenvalue weighted by molar-refractivity contribution is 0.152. The van der Waals surface area contributed by atoms with E-state index in [2.05, 4.69) is 39.5 Å². The minimum Gasteiger partial charge on any atom is -0.492 e. The van der Waals surface area contributed by atoms with Gasteiger partial charge in [0.15, 0.2) is 0 Å². The predicted molar refractivity (Wildman–Crippen MR) is 127 cm³/mol. The van der Waals surface area contributed by atoms with Crippen LogP contribution in [0.5, 0.6) is 5.75 Å². The summed E-state index contributed by atoms with van der Waals surface area (Å²) >= 11 is 6.60. The molecule has 0 aliphatic carbocycles. The van der Waals surface area contributed by atoms with Gasteiger partial charge in [0.2, 0.25) is 0 Å². The third-order valence-corrected chi connectivity index (χ3v) is 6.92. The van der Waals surface area contributed by atoms with Gasteiger partial charge >= 0.3 is 0 Å². The number of aromatic amines is 1. The average molecular weight is 456 g/mol. The molecule has 1 saturated heterocycles. The first-order chi connectivity index (χ1) is 15.6. The number of H-pyrrole nitrogens is 1. The fraction of sp³-hybridized carbons (Fsp3) is 0.440. The third kappa shape index (κ3) is 4.26. The summed E-state index contributed by atoms with van der Waals surface area (Å²) in [6, 6.07) is 10.6. The topological polar surface area (TPSA) is 80.8 Å². The Morgan fingerprint density at radius 1 is 1.12 bits per heavy atom. The van der Waals surface area contributed by atoms with E-state index in [9.17, 15) is 5.11 Å². The molecule has 1 atom stereocenters. The second-order valence-electron chi connectivity index (χ2n) is 8.78. The molecule has 3 aromatic rings. The van der Waals surface area contributed by atoms with Crippen molar-refractivity contribution < 1.29 is 14.9 Å². The third-order valence-electron chi connectivity index (χ3n) is 6.51. The molecule has 4 N–H and O–H groups in total. The van der Waals surface area contributed by atoms with Crippen molar-refractivity contribution in [2.45, 2.75) is 45.0 Å². The molecular weight excluding hydrogens is 426 g/mol. The fourth-order valence-corrected chi connectivity index (χ4v) is 5.14. The second kappa shape index (κ2) is 9.41. The molecule has 0 spiro atoms. The Bertz CT molecular complexity index is 1110. The zero-order chi connectivity index (χ0) is 22.1. The van der Waals surface area contributed by atoms with Crippen molar-refractivity contribution in [2.24, 2.45) is 0 Å². The number of nitrogens with one attached hydrogen (secondary N) is 2. The zero-order valence-electron chi connectivity index (χ0n) is 18.2. The van der Waals surface area contributed by atoms with Gasteiger partial charge < -0.3 is 19.9 Å². The molecular formula is C25H30ClN3O3. The van der Waals surface area contributed by atoms with Crippen molar-refractivity contribution in [3.05, 3.63) is 52.0 Å². The van der Waals surface area contributed by atoms with Crippen LogP contribution in [0.4, 0.5) is 0 Å². The van der Waals surface area contributed by atoms with Crippen molar-refractivity contribution in [2.75, 3.05) is 26.3 Å². The minimum atomic E-state index is -0.773. The molecule has 2 aliphatic heterocycles. The summed E-state index contributed by atoms with van der Waals surface area (Å²) in [6.45, 7) is 4.28. The maximum Gasteiger partial charge on any atom is 0.138 e. The van der Waals surface area contributed by atoms with Gasteiger partial charge in [-0.2, -0.15) is 0 Å². The van der Waals surface area contributed by atoms with E-state index in [1.54, 1.807) is 0 Å². The summed E-state index contributed by atoms with van der Waals surface area (Å²) in [5.74, 6) is 0.578. The number of aromatic nitrogens is 1. The molecule has 3 heterocycles. The highest BCUT2D eigenvalue weighted by Gasteiger charge is 2.29. The van der Waals surface area contributed by atoms with Gasteiger partial charge in [-0.25, -0.2) is 0 Å². The van der Waals surface area contributed by atoms with Crippen LogP contribution in [0.15, 0.2) is 30.3 Å². The number of likely N-dealkylation sites (tertiary alicyclic amines) is 1. The maximum absolute atomic E-state index is 10.6. The van der Waals surface area contributed by atoms with E-state index in [0.29, 0.717) is 30.3 Å². The second-order valence-corrected chi connectivity index (χ2v) is 9.16. The highest BCUT2D eigenvalue weighted by atomic mass is 35.5. The molecule has 0 amide bonds. The molecule has 32 heavy (non-hydrogen) atoms. The van der Waals surface area contributed by atoms with Gasteiger partial charge in [0, 0.05) is 53.8 Å². The Labute approximate surface area is 193 Å². The first-order valence-corrected chi connectivity index (χ1v) is 11.9. The molecule has 1 fully saturated rings. The number of hydrogen-bond donors (Lipinski definition) is 4. The van der Waals surface area contributed by atoms with E-state index < -0.39 is 6.23 Å². The van der Waals surface area contributed by atoms with Crippen LogP contribution >= 0.6 is 11.6 Å². The van der Waals surface area contributed by atoms with Crippen LogP contribution in [-0.4, -0.2) is 46.4 Å². The highest BCUT2D eigenvalue weighted by molar-refractivity contribution is 6.33. The number of piperidine rings is 1. The van der Waals surface area contributed by atoms with Gasteiger partial charge in [-0.05, 0) is 61.3 Å². The normalized spacial score (nSPS) is 18.9.